The van der Waals surface area contributed by atoms with Crippen molar-refractivity contribution in [3.05, 3.63) is 43.2 Å². The maximum Gasteiger partial charge on any atom is 0.243 e. The lowest BCUT2D eigenvalue weighted by Crippen LogP contribution is -2.23. The molecule has 0 aliphatic carbocycles. The van der Waals surface area contributed by atoms with Gasteiger partial charge in [-0.25, -0.2) is 9.13 Å². The highest BCUT2D eigenvalue weighted by atomic mass is 15.1. The molecule has 0 N–H and O–H groups in total. The smallest absolute Gasteiger partial charge is 0.243 e. The number of imidazole rings is 1. The molecule has 0 amide bonds. The molecule has 0 aliphatic rings. The number of hydrogen-bond acceptors (Lipinski definition) is 0. The third-order valence-corrected chi connectivity index (χ3v) is 2.57. The fourth-order valence-electron chi connectivity index (χ4n) is 1.74. The predicted octanol–water partition coefficient (Wildman–Crippen LogP) is 1.59. The topological polar surface area (TPSA) is 13.7 Å². The Morgan fingerprint density at radius 1 is 0.933 bits per heavy atom. The Labute approximate surface area is 90.6 Å². The zero-order valence-electron chi connectivity index (χ0n) is 9.21. The summed E-state index contributed by atoms with van der Waals surface area (Å²) in [5.41, 5.74) is 0. The summed E-state index contributed by atoms with van der Waals surface area (Å²) in [5, 5.41) is 0. The first-order chi connectivity index (χ1) is 7.34. The summed E-state index contributed by atoms with van der Waals surface area (Å²) in [6.45, 7) is 2.24. The van der Waals surface area contributed by atoms with Gasteiger partial charge in [-0.15, -0.1) is 0 Å². The van der Waals surface area contributed by atoms with Gasteiger partial charge in [0.1, 0.15) is 12.4 Å². The van der Waals surface area contributed by atoms with E-state index in [1.807, 2.05) is 0 Å². The van der Waals surface area contributed by atoms with Crippen molar-refractivity contribution in [2.75, 3.05) is 0 Å². The van der Waals surface area contributed by atoms with E-state index in [0.717, 1.165) is 13.1 Å². The molecule has 2 heterocycles. The summed E-state index contributed by atoms with van der Waals surface area (Å²) in [5.74, 6) is 0. The van der Waals surface area contributed by atoms with E-state index in [-0.39, 0.29) is 0 Å². The van der Waals surface area contributed by atoms with Crippen LogP contribution in [0.4, 0.5) is 0 Å². The number of unbranched alkanes of at least 4 members (excludes halogenated alkanes) is 1. The Kier molecular flexibility index (Phi) is 3.22. The van der Waals surface area contributed by atoms with Crippen LogP contribution in [0.2, 0.25) is 0 Å². The molecule has 2 aromatic rings. The molecule has 0 unspecified atom stereocenters. The first-order valence-electron chi connectivity index (χ1n) is 5.46. The largest absolute Gasteiger partial charge is 0.354 e. The van der Waals surface area contributed by atoms with Crippen molar-refractivity contribution in [2.24, 2.45) is 7.05 Å². The van der Waals surface area contributed by atoms with Gasteiger partial charge in [0.15, 0.2) is 0 Å². The lowest BCUT2D eigenvalue weighted by molar-refractivity contribution is -0.671. The Hall–Kier alpha value is -1.51. The number of aromatic nitrogens is 3. The first-order valence-corrected chi connectivity index (χ1v) is 5.46. The van der Waals surface area contributed by atoms with Gasteiger partial charge in [0.25, 0.3) is 0 Å². The van der Waals surface area contributed by atoms with Crippen molar-refractivity contribution < 1.29 is 4.57 Å². The zero-order valence-corrected chi connectivity index (χ0v) is 9.21. The van der Waals surface area contributed by atoms with Crippen molar-refractivity contribution in [3.8, 4) is 0 Å². The normalized spacial score (nSPS) is 10.7. The van der Waals surface area contributed by atoms with Crippen LogP contribution >= 0.6 is 0 Å². The molecule has 80 valence electrons. The van der Waals surface area contributed by atoms with Gasteiger partial charge in [-0.2, -0.15) is 0 Å². The van der Waals surface area contributed by atoms with E-state index in [0.29, 0.717) is 0 Å². The van der Waals surface area contributed by atoms with Crippen LogP contribution in [-0.2, 0) is 20.1 Å². The summed E-state index contributed by atoms with van der Waals surface area (Å²) >= 11 is 0. The van der Waals surface area contributed by atoms with Crippen LogP contribution < -0.4 is 4.57 Å². The van der Waals surface area contributed by atoms with Gasteiger partial charge >= 0.3 is 0 Å². The zero-order chi connectivity index (χ0) is 10.5. The van der Waals surface area contributed by atoms with Crippen LogP contribution in [0.3, 0.4) is 0 Å². The number of aryl methyl sites for hydroxylation is 3. The van der Waals surface area contributed by atoms with Crippen LogP contribution in [0.5, 0.6) is 0 Å². The van der Waals surface area contributed by atoms with Gasteiger partial charge in [0, 0.05) is 18.9 Å². The van der Waals surface area contributed by atoms with Crippen molar-refractivity contribution >= 4 is 0 Å². The number of rotatable bonds is 5. The quantitative estimate of drug-likeness (QED) is 0.518. The highest BCUT2D eigenvalue weighted by molar-refractivity contribution is 4.89. The lowest BCUT2D eigenvalue weighted by atomic mass is 10.3. The molecule has 0 aromatic carbocycles. The Balaban J connectivity index is 1.67. The highest BCUT2D eigenvalue weighted by Gasteiger charge is 1.98. The summed E-state index contributed by atoms with van der Waals surface area (Å²) in [6, 6.07) is 4.15. The maximum atomic E-state index is 2.23. The lowest BCUT2D eigenvalue weighted by Gasteiger charge is -2.01. The van der Waals surface area contributed by atoms with E-state index in [2.05, 4.69) is 64.0 Å². The number of hydrogen-bond donors (Lipinski definition) is 0. The Bertz CT molecular complexity index is 387. The van der Waals surface area contributed by atoms with E-state index in [1.165, 1.54) is 12.8 Å². The average Bonchev–Trinajstić information content (AvgIpc) is 2.84. The van der Waals surface area contributed by atoms with Crippen molar-refractivity contribution in [1.82, 2.24) is 9.13 Å². The fourth-order valence-corrected chi connectivity index (χ4v) is 1.74. The van der Waals surface area contributed by atoms with E-state index in [1.54, 1.807) is 0 Å². The molecule has 0 saturated heterocycles. The Morgan fingerprint density at radius 2 is 1.60 bits per heavy atom. The molecule has 0 fully saturated rings. The monoisotopic (exact) mass is 204 g/mol. The van der Waals surface area contributed by atoms with Crippen LogP contribution in [0.1, 0.15) is 12.8 Å². The second kappa shape index (κ2) is 4.82. The fraction of sp³-hybridized carbons (Fsp3) is 0.417. The predicted molar refractivity (Wildman–Crippen MR) is 59.3 cm³/mol. The van der Waals surface area contributed by atoms with E-state index in [4.69, 9.17) is 0 Å². The van der Waals surface area contributed by atoms with Gasteiger partial charge in [-0.1, -0.05) is 0 Å². The molecular formula is C12H18N3+. The minimum atomic E-state index is 1.11. The molecule has 0 bridgehead atoms. The van der Waals surface area contributed by atoms with Gasteiger partial charge < -0.3 is 4.57 Å². The molecule has 15 heavy (non-hydrogen) atoms. The average molecular weight is 204 g/mol. The van der Waals surface area contributed by atoms with Crippen molar-refractivity contribution in [2.45, 2.75) is 25.9 Å². The minimum Gasteiger partial charge on any atom is -0.354 e. The van der Waals surface area contributed by atoms with Crippen LogP contribution in [0.15, 0.2) is 43.2 Å². The number of nitrogens with zero attached hydrogens (tertiary/aromatic N) is 3. The van der Waals surface area contributed by atoms with E-state index < -0.39 is 0 Å². The molecule has 0 radical (unpaired) electrons. The van der Waals surface area contributed by atoms with Gasteiger partial charge in [-0.05, 0) is 25.0 Å². The van der Waals surface area contributed by atoms with Crippen molar-refractivity contribution in [3.63, 3.8) is 0 Å². The summed E-state index contributed by atoms with van der Waals surface area (Å²) in [4.78, 5) is 0. The van der Waals surface area contributed by atoms with Crippen molar-refractivity contribution in [1.29, 1.82) is 0 Å². The molecule has 0 aliphatic heterocycles. The van der Waals surface area contributed by atoms with E-state index in [9.17, 15) is 0 Å². The van der Waals surface area contributed by atoms with E-state index >= 15 is 0 Å². The third kappa shape index (κ3) is 2.98. The van der Waals surface area contributed by atoms with Gasteiger partial charge in [0.05, 0.1) is 13.6 Å². The maximum absolute atomic E-state index is 2.23. The molecule has 3 nitrogen and oxygen atoms in total. The molecule has 0 spiro atoms. The second-order valence-corrected chi connectivity index (χ2v) is 3.94. The van der Waals surface area contributed by atoms with Gasteiger partial charge in [-0.3, -0.25) is 0 Å². The molecule has 3 heteroatoms. The third-order valence-electron chi connectivity index (χ3n) is 2.57. The molecule has 0 saturated carbocycles. The summed E-state index contributed by atoms with van der Waals surface area (Å²) in [7, 11) is 2.05. The van der Waals surface area contributed by atoms with Crippen LogP contribution in [-0.4, -0.2) is 9.13 Å². The summed E-state index contributed by atoms with van der Waals surface area (Å²) < 4.78 is 6.54. The standard InChI is InChI=1S/C12H18N3/c1-13-10-11-15(12-13)9-5-4-8-14-6-2-3-7-14/h2-3,6-7,10-12H,4-5,8-9H2,1H3/q+1. The highest BCUT2D eigenvalue weighted by Crippen LogP contribution is 1.99. The van der Waals surface area contributed by atoms with Crippen LogP contribution in [0.25, 0.3) is 0 Å². The van der Waals surface area contributed by atoms with Gasteiger partial charge in [0.2, 0.25) is 6.33 Å². The summed E-state index contributed by atoms with van der Waals surface area (Å²) in [6.07, 6.45) is 13.0. The Morgan fingerprint density at radius 3 is 2.20 bits per heavy atom. The minimum absolute atomic E-state index is 1.11. The second-order valence-electron chi connectivity index (χ2n) is 3.94. The van der Waals surface area contributed by atoms with Crippen LogP contribution in [0, 0.1) is 0 Å². The SMILES string of the molecule is C[n+]1ccn(CCCCn2cccc2)c1. The molecular weight excluding hydrogens is 186 g/mol. The molecule has 2 rings (SSSR count). The first kappa shape index (κ1) is 10.0. The molecule has 2 aromatic heterocycles. The molecule has 0 atom stereocenters.